The van der Waals surface area contributed by atoms with Gasteiger partial charge in [-0.3, -0.25) is 0 Å². The fourth-order valence-corrected chi connectivity index (χ4v) is 6.15. The Morgan fingerprint density at radius 2 is 1.90 bits per heavy atom. The number of rotatable bonds is 2. The molecule has 1 spiro atoms. The van der Waals surface area contributed by atoms with Crippen molar-refractivity contribution in [2.75, 3.05) is 11.9 Å². The average molecular weight is 428 g/mol. The maximum Gasteiger partial charge on any atom is 0.354 e. The molecular weight excluding hydrogens is 402 g/mol. The van der Waals surface area contributed by atoms with Crippen LogP contribution in [0.25, 0.3) is 0 Å². The predicted octanol–water partition coefficient (Wildman–Crippen LogP) is 2.97. The van der Waals surface area contributed by atoms with Gasteiger partial charge in [-0.25, -0.2) is 18.8 Å². The summed E-state index contributed by atoms with van der Waals surface area (Å²) in [7, 11) is -3.47. The number of ether oxygens (including phenoxy) is 1. The van der Waals surface area contributed by atoms with Crippen LogP contribution < -0.4 is 15.2 Å². The number of carbonyl (C=O) groups excluding carboxylic acids is 1. The van der Waals surface area contributed by atoms with Crippen LogP contribution in [0.2, 0.25) is 0 Å². The van der Waals surface area contributed by atoms with E-state index in [9.17, 15) is 9.00 Å². The maximum absolute atomic E-state index is 13.2. The third kappa shape index (κ3) is 2.86. The molecule has 1 aromatic heterocycles. The number of urea groups is 1. The van der Waals surface area contributed by atoms with Gasteiger partial charge >= 0.3 is 6.03 Å². The first kappa shape index (κ1) is 18.4. The molecule has 1 aliphatic heterocycles. The molecule has 3 aliphatic carbocycles. The third-order valence-corrected chi connectivity index (χ3v) is 8.30. The summed E-state index contributed by atoms with van der Waals surface area (Å²) < 4.78 is 24.6. The van der Waals surface area contributed by atoms with E-state index in [1.165, 1.54) is 28.5 Å². The SMILES string of the molecule is N[S@](=O)(=NC(=O)Nc1c2c(cc3c1CCC3)CCC2)c1cnn2c1OCC1(CC1)C2. The quantitative estimate of drug-likeness (QED) is 0.767. The van der Waals surface area contributed by atoms with E-state index in [1.54, 1.807) is 4.68 Å². The van der Waals surface area contributed by atoms with Crippen molar-refractivity contribution in [2.45, 2.75) is 62.8 Å². The predicted molar refractivity (Wildman–Crippen MR) is 112 cm³/mol. The zero-order valence-corrected chi connectivity index (χ0v) is 17.6. The highest BCUT2D eigenvalue weighted by Crippen LogP contribution is 2.50. The van der Waals surface area contributed by atoms with Gasteiger partial charge in [0.15, 0.2) is 9.92 Å². The molecule has 2 aromatic rings. The molecule has 2 amide bonds. The summed E-state index contributed by atoms with van der Waals surface area (Å²) in [5.74, 6) is 0.373. The van der Waals surface area contributed by atoms with E-state index in [1.807, 2.05) is 0 Å². The number of aryl methyl sites for hydroxylation is 2. The van der Waals surface area contributed by atoms with Crippen molar-refractivity contribution in [1.82, 2.24) is 9.78 Å². The first-order chi connectivity index (χ1) is 14.4. The van der Waals surface area contributed by atoms with Gasteiger partial charge in [-0.2, -0.15) is 5.10 Å². The van der Waals surface area contributed by atoms with Crippen LogP contribution in [-0.2, 0) is 42.1 Å². The number of carbonyl (C=O) groups is 1. The third-order valence-electron chi connectivity index (χ3n) is 6.96. The molecule has 4 aliphatic rings. The monoisotopic (exact) mass is 427 g/mol. The Morgan fingerprint density at radius 3 is 2.57 bits per heavy atom. The molecule has 1 fully saturated rings. The molecule has 3 N–H and O–H groups in total. The van der Waals surface area contributed by atoms with Crippen molar-refractivity contribution in [3.8, 4) is 5.88 Å². The van der Waals surface area contributed by atoms with Gasteiger partial charge in [-0.15, -0.1) is 4.36 Å². The molecule has 1 aromatic carbocycles. The second kappa shape index (κ2) is 6.31. The van der Waals surface area contributed by atoms with Crippen LogP contribution >= 0.6 is 0 Å². The second-order valence-electron chi connectivity index (χ2n) is 9.08. The molecule has 1 saturated carbocycles. The van der Waals surface area contributed by atoms with Gasteiger partial charge in [-0.05, 0) is 73.6 Å². The fourth-order valence-electron chi connectivity index (χ4n) is 5.15. The van der Waals surface area contributed by atoms with Gasteiger partial charge in [0.2, 0.25) is 5.88 Å². The topological polar surface area (TPSA) is 112 Å². The number of benzene rings is 1. The van der Waals surface area contributed by atoms with Crippen LogP contribution in [0.4, 0.5) is 10.5 Å². The molecule has 0 radical (unpaired) electrons. The summed E-state index contributed by atoms with van der Waals surface area (Å²) in [5, 5.41) is 13.3. The van der Waals surface area contributed by atoms with Crippen molar-refractivity contribution < 1.29 is 13.7 Å². The molecule has 9 heteroatoms. The van der Waals surface area contributed by atoms with Gasteiger partial charge in [0.05, 0.1) is 19.3 Å². The Kier molecular flexibility index (Phi) is 3.86. The molecule has 0 bridgehead atoms. The lowest BCUT2D eigenvalue weighted by atomic mass is 9.99. The highest BCUT2D eigenvalue weighted by molar-refractivity contribution is 7.91. The minimum absolute atomic E-state index is 0.161. The number of nitrogens with two attached hydrogens (primary N) is 1. The largest absolute Gasteiger partial charge is 0.476 e. The molecule has 8 nitrogen and oxygen atoms in total. The lowest BCUT2D eigenvalue weighted by molar-refractivity contribution is 0.144. The van der Waals surface area contributed by atoms with E-state index in [2.05, 4.69) is 20.8 Å². The number of hydrogen-bond donors (Lipinski definition) is 2. The lowest BCUT2D eigenvalue weighted by Crippen LogP contribution is -2.28. The zero-order valence-electron chi connectivity index (χ0n) is 16.8. The number of nitrogens with zero attached hydrogens (tertiary/aromatic N) is 3. The number of anilines is 1. The van der Waals surface area contributed by atoms with Crippen molar-refractivity contribution >= 4 is 21.6 Å². The van der Waals surface area contributed by atoms with Gasteiger partial charge < -0.3 is 10.1 Å². The molecule has 6 rings (SSSR count). The van der Waals surface area contributed by atoms with Gasteiger partial charge in [0.25, 0.3) is 0 Å². The van der Waals surface area contributed by atoms with Crippen LogP contribution in [0.1, 0.15) is 47.9 Å². The molecule has 0 unspecified atom stereocenters. The number of aromatic nitrogens is 2. The van der Waals surface area contributed by atoms with Crippen LogP contribution in [0.3, 0.4) is 0 Å². The van der Waals surface area contributed by atoms with Gasteiger partial charge in [0.1, 0.15) is 4.90 Å². The van der Waals surface area contributed by atoms with E-state index in [0.29, 0.717) is 12.5 Å². The molecule has 0 saturated heterocycles. The molecule has 1 atom stereocenters. The highest BCUT2D eigenvalue weighted by atomic mass is 32.2. The average Bonchev–Trinajstić information content (AvgIpc) is 3.13. The summed E-state index contributed by atoms with van der Waals surface area (Å²) in [5.41, 5.74) is 6.05. The fraction of sp³-hybridized carbons (Fsp3) is 0.524. The standard InChI is InChI=1S/C21H25N5O3S/c22-30(28,17-10-23-26-11-21(7-8-21)12-29-19(17)26)25-20(27)24-18-15-5-1-3-13(15)9-14-4-2-6-16(14)18/h9-10H,1-8,11-12H2,(H3,22,24,25,27,28)/t30-/m0/s1. The number of fused-ring (bicyclic) bond motifs is 3. The van der Waals surface area contributed by atoms with Crippen molar-refractivity contribution in [2.24, 2.45) is 14.9 Å². The summed E-state index contributed by atoms with van der Waals surface area (Å²) in [6.07, 6.45) is 9.80. The second-order valence-corrected chi connectivity index (χ2v) is 10.8. The lowest BCUT2D eigenvalue weighted by Gasteiger charge is -2.24. The van der Waals surface area contributed by atoms with Gasteiger partial charge in [-0.1, -0.05) is 6.07 Å². The highest BCUT2D eigenvalue weighted by Gasteiger charge is 2.48. The number of nitrogens with one attached hydrogen (secondary N) is 1. The minimum atomic E-state index is -3.47. The summed E-state index contributed by atoms with van der Waals surface area (Å²) in [4.78, 5) is 13.0. The van der Waals surface area contributed by atoms with Crippen molar-refractivity contribution in [3.05, 3.63) is 34.5 Å². The van der Waals surface area contributed by atoms with Crippen molar-refractivity contribution in [1.29, 1.82) is 0 Å². The van der Waals surface area contributed by atoms with E-state index in [0.717, 1.165) is 63.6 Å². The van der Waals surface area contributed by atoms with Gasteiger partial charge in [0, 0.05) is 11.1 Å². The van der Waals surface area contributed by atoms with Crippen LogP contribution in [0.15, 0.2) is 21.5 Å². The van der Waals surface area contributed by atoms with Crippen LogP contribution in [0.5, 0.6) is 5.88 Å². The Labute approximate surface area is 175 Å². The zero-order chi connectivity index (χ0) is 20.5. The minimum Gasteiger partial charge on any atom is -0.476 e. The molecule has 2 heterocycles. The molecular formula is C21H25N5O3S. The van der Waals surface area contributed by atoms with Crippen LogP contribution in [0, 0.1) is 5.41 Å². The normalized spacial score (nSPS) is 21.9. The number of hydrogen-bond acceptors (Lipinski definition) is 4. The van der Waals surface area contributed by atoms with Crippen LogP contribution in [-0.4, -0.2) is 26.6 Å². The van der Waals surface area contributed by atoms with E-state index >= 15 is 0 Å². The Morgan fingerprint density at radius 1 is 1.20 bits per heavy atom. The summed E-state index contributed by atoms with van der Waals surface area (Å²) in [6.45, 7) is 1.29. The van der Waals surface area contributed by atoms with E-state index < -0.39 is 15.9 Å². The smallest absolute Gasteiger partial charge is 0.354 e. The molecule has 158 valence electrons. The number of amides is 2. The Hall–Kier alpha value is -2.39. The summed E-state index contributed by atoms with van der Waals surface area (Å²) >= 11 is 0. The van der Waals surface area contributed by atoms with Crippen molar-refractivity contribution in [3.63, 3.8) is 0 Å². The Bertz CT molecular complexity index is 1170. The molecule has 30 heavy (non-hydrogen) atoms. The summed E-state index contributed by atoms with van der Waals surface area (Å²) in [6, 6.07) is 1.62. The first-order valence-corrected chi connectivity index (χ1v) is 12.2. The first-order valence-electron chi connectivity index (χ1n) is 10.7. The maximum atomic E-state index is 13.2. The van der Waals surface area contributed by atoms with E-state index in [4.69, 9.17) is 9.88 Å². The Balaban J connectivity index is 1.32. The van der Waals surface area contributed by atoms with E-state index in [-0.39, 0.29) is 10.3 Å².